The molecule has 4 rings (SSSR count). The molecule has 1 fully saturated rings. The predicted molar refractivity (Wildman–Crippen MR) is 113 cm³/mol. The van der Waals surface area contributed by atoms with Crippen LogP contribution in [-0.2, 0) is 11.3 Å². The summed E-state index contributed by atoms with van der Waals surface area (Å²) in [5.41, 5.74) is 1.20. The van der Waals surface area contributed by atoms with Crippen molar-refractivity contribution in [1.29, 1.82) is 0 Å². The maximum Gasteiger partial charge on any atom is 0.329 e. The first kappa shape index (κ1) is 18.8. The number of imide groups is 1. The monoisotopic (exact) mass is 426 g/mol. The minimum absolute atomic E-state index is 0.255. The van der Waals surface area contributed by atoms with Gasteiger partial charge in [-0.3, -0.25) is 9.69 Å². The van der Waals surface area contributed by atoms with Gasteiger partial charge in [0.05, 0.1) is 10.8 Å². The second-order valence-corrected chi connectivity index (χ2v) is 9.00. The zero-order chi connectivity index (χ0) is 19.5. The Morgan fingerprint density at radius 3 is 2.50 bits per heavy atom. The highest BCUT2D eigenvalue weighted by molar-refractivity contribution is 8.01. The average Bonchev–Trinajstić information content (AvgIpc) is 3.24. The molecule has 2 heterocycles. The second-order valence-electron chi connectivity index (χ2n) is 6.08. The number of thiophene rings is 1. The van der Waals surface area contributed by atoms with Gasteiger partial charge in [-0.15, -0.1) is 11.3 Å². The Balaban J connectivity index is 1.47. The van der Waals surface area contributed by atoms with Gasteiger partial charge in [-0.05, 0) is 48.0 Å². The third-order valence-corrected chi connectivity index (χ3v) is 6.49. The van der Waals surface area contributed by atoms with Crippen molar-refractivity contribution >= 4 is 52.7 Å². The van der Waals surface area contributed by atoms with E-state index in [-0.39, 0.29) is 12.5 Å². The molecular formula is C21H15ClN2O2S2. The number of hydrogen-bond donors (Lipinski definition) is 1. The summed E-state index contributed by atoms with van der Waals surface area (Å²) in [7, 11) is 0. The van der Waals surface area contributed by atoms with Gasteiger partial charge in [-0.2, -0.15) is 0 Å². The van der Waals surface area contributed by atoms with Gasteiger partial charge in [0.2, 0.25) is 0 Å². The summed E-state index contributed by atoms with van der Waals surface area (Å²) < 4.78 is 1.09. The van der Waals surface area contributed by atoms with Crippen molar-refractivity contribution in [3.63, 3.8) is 0 Å². The van der Waals surface area contributed by atoms with E-state index in [1.54, 1.807) is 29.2 Å². The van der Waals surface area contributed by atoms with Crippen LogP contribution in [0.25, 0.3) is 6.08 Å². The zero-order valence-corrected chi connectivity index (χ0v) is 17.0. The van der Waals surface area contributed by atoms with Gasteiger partial charge in [0.15, 0.2) is 0 Å². The Bertz CT molecular complexity index is 1050. The molecule has 1 aliphatic rings. The Morgan fingerprint density at radius 1 is 1.00 bits per heavy atom. The molecule has 0 spiro atoms. The number of hydrogen-bond acceptors (Lipinski definition) is 4. The average molecular weight is 427 g/mol. The fraction of sp³-hybridized carbons (Fsp3) is 0.0476. The van der Waals surface area contributed by atoms with Crippen LogP contribution < -0.4 is 5.32 Å². The molecule has 4 nitrogen and oxygen atoms in total. The van der Waals surface area contributed by atoms with Crippen molar-refractivity contribution in [1.82, 2.24) is 10.2 Å². The van der Waals surface area contributed by atoms with E-state index in [4.69, 9.17) is 11.6 Å². The maximum atomic E-state index is 12.6. The van der Waals surface area contributed by atoms with Crippen LogP contribution in [0, 0.1) is 0 Å². The summed E-state index contributed by atoms with van der Waals surface area (Å²) in [5.74, 6) is -0.311. The van der Waals surface area contributed by atoms with Crippen LogP contribution in [0.3, 0.4) is 0 Å². The molecule has 0 radical (unpaired) electrons. The summed E-state index contributed by atoms with van der Waals surface area (Å²) in [6.07, 6.45) is 1.72. The molecule has 1 saturated heterocycles. The molecule has 7 heteroatoms. The molecule has 0 atom stereocenters. The fourth-order valence-corrected chi connectivity index (χ4v) is 4.90. The van der Waals surface area contributed by atoms with Crippen molar-refractivity contribution in [2.24, 2.45) is 0 Å². The summed E-state index contributed by atoms with van der Waals surface area (Å²) in [6, 6.07) is 20.6. The standard InChI is InChI=1S/C21H15ClN2O2S2/c22-15-6-8-16(9-7-15)27-19-11-10-17(28-19)12-18-20(25)24(21(26)23-18)13-14-4-2-1-3-5-14/h1-12H,13H2,(H,23,26). The topological polar surface area (TPSA) is 49.4 Å². The van der Waals surface area contributed by atoms with E-state index in [0.29, 0.717) is 10.7 Å². The summed E-state index contributed by atoms with van der Waals surface area (Å²) in [4.78, 5) is 28.0. The lowest BCUT2D eigenvalue weighted by atomic mass is 10.2. The van der Waals surface area contributed by atoms with Crippen LogP contribution in [0.15, 0.2) is 81.5 Å². The summed E-state index contributed by atoms with van der Waals surface area (Å²) >= 11 is 9.10. The lowest BCUT2D eigenvalue weighted by Crippen LogP contribution is -2.30. The molecule has 1 aliphatic heterocycles. The highest BCUT2D eigenvalue weighted by Gasteiger charge is 2.33. The number of amides is 3. The third kappa shape index (κ3) is 4.30. The zero-order valence-electron chi connectivity index (χ0n) is 14.6. The minimum atomic E-state index is -0.396. The number of nitrogens with one attached hydrogen (secondary N) is 1. The molecule has 1 aromatic heterocycles. The number of carbonyl (C=O) groups is 2. The third-order valence-electron chi connectivity index (χ3n) is 4.07. The van der Waals surface area contributed by atoms with Crippen LogP contribution in [0.1, 0.15) is 10.4 Å². The molecule has 0 bridgehead atoms. The molecule has 3 amide bonds. The maximum absolute atomic E-state index is 12.6. The predicted octanol–water partition coefficient (Wildman–Crippen LogP) is 5.65. The number of halogens is 1. The Labute approximate surface area is 175 Å². The van der Waals surface area contributed by atoms with Crippen LogP contribution >= 0.6 is 34.7 Å². The lowest BCUT2D eigenvalue weighted by molar-refractivity contribution is -0.123. The van der Waals surface area contributed by atoms with Gasteiger partial charge in [-0.25, -0.2) is 4.79 Å². The molecule has 3 aromatic rings. The van der Waals surface area contributed by atoms with Crippen LogP contribution in [-0.4, -0.2) is 16.8 Å². The summed E-state index contributed by atoms with van der Waals surface area (Å²) in [6.45, 7) is 0.255. The smallest absolute Gasteiger partial charge is 0.303 e. The second kappa shape index (κ2) is 8.22. The molecule has 0 unspecified atom stereocenters. The number of nitrogens with zero attached hydrogens (tertiary/aromatic N) is 1. The van der Waals surface area contributed by atoms with Crippen molar-refractivity contribution in [3.05, 3.63) is 87.9 Å². The van der Waals surface area contributed by atoms with E-state index in [1.807, 2.05) is 66.7 Å². The molecule has 0 aliphatic carbocycles. The van der Waals surface area contributed by atoms with Crippen molar-refractivity contribution < 1.29 is 9.59 Å². The first-order chi connectivity index (χ1) is 13.6. The van der Waals surface area contributed by atoms with Crippen molar-refractivity contribution in [3.8, 4) is 0 Å². The Hall–Kier alpha value is -2.54. The van der Waals surface area contributed by atoms with Crippen molar-refractivity contribution in [2.75, 3.05) is 0 Å². The number of urea groups is 1. The molecular weight excluding hydrogens is 412 g/mol. The van der Waals surface area contributed by atoms with Gasteiger partial charge in [-0.1, -0.05) is 53.7 Å². The fourth-order valence-electron chi connectivity index (χ4n) is 2.71. The van der Waals surface area contributed by atoms with Crippen molar-refractivity contribution in [2.45, 2.75) is 15.6 Å². The molecule has 28 heavy (non-hydrogen) atoms. The van der Waals surface area contributed by atoms with Gasteiger partial charge < -0.3 is 5.32 Å². The minimum Gasteiger partial charge on any atom is -0.303 e. The van der Waals surface area contributed by atoms with E-state index in [2.05, 4.69) is 5.32 Å². The number of carbonyl (C=O) groups excluding carboxylic acids is 2. The molecule has 0 saturated carbocycles. The summed E-state index contributed by atoms with van der Waals surface area (Å²) in [5, 5.41) is 3.38. The molecule has 2 aromatic carbocycles. The van der Waals surface area contributed by atoms with Gasteiger partial charge in [0.1, 0.15) is 5.70 Å². The van der Waals surface area contributed by atoms with E-state index in [1.165, 1.54) is 4.90 Å². The van der Waals surface area contributed by atoms with E-state index >= 15 is 0 Å². The first-order valence-corrected chi connectivity index (χ1v) is 10.5. The molecule has 140 valence electrons. The Morgan fingerprint density at radius 2 is 1.75 bits per heavy atom. The van der Waals surface area contributed by atoms with E-state index in [9.17, 15) is 9.59 Å². The Kier molecular flexibility index (Phi) is 5.52. The van der Waals surface area contributed by atoms with E-state index < -0.39 is 6.03 Å². The van der Waals surface area contributed by atoms with Crippen LogP contribution in [0.2, 0.25) is 5.02 Å². The van der Waals surface area contributed by atoms with Gasteiger partial charge in [0, 0.05) is 14.8 Å². The van der Waals surface area contributed by atoms with Crippen LogP contribution in [0.4, 0.5) is 4.79 Å². The quantitative estimate of drug-likeness (QED) is 0.424. The van der Waals surface area contributed by atoms with Crippen LogP contribution in [0.5, 0.6) is 0 Å². The van der Waals surface area contributed by atoms with Gasteiger partial charge in [0.25, 0.3) is 5.91 Å². The largest absolute Gasteiger partial charge is 0.329 e. The SMILES string of the molecule is O=C1NC(=Cc2ccc(Sc3ccc(Cl)cc3)s2)C(=O)N1Cc1ccccc1. The molecule has 1 N–H and O–H groups in total. The number of rotatable bonds is 5. The lowest BCUT2D eigenvalue weighted by Gasteiger charge is -2.11. The normalized spacial score (nSPS) is 15.3. The highest BCUT2D eigenvalue weighted by Crippen LogP contribution is 2.34. The highest BCUT2D eigenvalue weighted by atomic mass is 35.5. The first-order valence-electron chi connectivity index (χ1n) is 8.50. The van der Waals surface area contributed by atoms with Gasteiger partial charge >= 0.3 is 6.03 Å². The van der Waals surface area contributed by atoms with E-state index in [0.717, 1.165) is 19.5 Å². The number of benzene rings is 2.